The van der Waals surface area contributed by atoms with E-state index in [0.29, 0.717) is 24.4 Å². The van der Waals surface area contributed by atoms with Crippen molar-refractivity contribution in [3.05, 3.63) is 60.2 Å². The Bertz CT molecular complexity index is 761. The molecule has 0 spiro atoms. The number of hydrogen-bond donors (Lipinski definition) is 1. The van der Waals surface area contributed by atoms with Crippen LogP contribution in [0.2, 0.25) is 0 Å². The Hall–Kier alpha value is -2.82. The van der Waals surface area contributed by atoms with Crippen molar-refractivity contribution in [2.45, 2.75) is 13.0 Å². The van der Waals surface area contributed by atoms with Gasteiger partial charge in [-0.25, -0.2) is 0 Å². The van der Waals surface area contributed by atoms with Crippen molar-refractivity contribution >= 4 is 17.5 Å². The molecule has 2 atom stereocenters. The lowest BCUT2D eigenvalue weighted by Gasteiger charge is -2.17. The third-order valence-electron chi connectivity index (χ3n) is 4.42. The molecule has 2 amide bonds. The van der Waals surface area contributed by atoms with Gasteiger partial charge in [0.15, 0.2) is 0 Å². The zero-order valence-electron chi connectivity index (χ0n) is 14.4. The molecule has 0 aliphatic heterocycles. The molecule has 0 saturated heterocycles. The molecule has 0 aromatic heterocycles. The van der Waals surface area contributed by atoms with Crippen molar-refractivity contribution in [3.8, 4) is 5.75 Å². The van der Waals surface area contributed by atoms with Gasteiger partial charge in [-0.15, -0.1) is 0 Å². The molecule has 1 saturated carbocycles. The topological polar surface area (TPSA) is 58.6 Å². The third kappa shape index (κ3) is 4.18. The summed E-state index contributed by atoms with van der Waals surface area (Å²) in [6, 6.07) is 17.0. The second-order valence-corrected chi connectivity index (χ2v) is 6.35. The lowest BCUT2D eigenvalue weighted by atomic mass is 10.2. The van der Waals surface area contributed by atoms with Crippen LogP contribution < -0.4 is 10.1 Å². The minimum atomic E-state index is -0.253. The summed E-state index contributed by atoms with van der Waals surface area (Å²) < 4.78 is 5.15. The molecule has 5 nitrogen and oxygen atoms in total. The predicted octanol–water partition coefficient (Wildman–Crippen LogP) is 2.93. The van der Waals surface area contributed by atoms with Gasteiger partial charge in [0.1, 0.15) is 5.75 Å². The quantitative estimate of drug-likeness (QED) is 0.881. The van der Waals surface area contributed by atoms with Gasteiger partial charge in [0, 0.05) is 25.3 Å². The number of anilines is 1. The molecule has 0 bridgehead atoms. The monoisotopic (exact) mass is 338 g/mol. The Balaban J connectivity index is 1.54. The number of nitrogens with one attached hydrogen (secondary N) is 1. The number of benzene rings is 2. The van der Waals surface area contributed by atoms with Crippen molar-refractivity contribution in [2.24, 2.45) is 11.8 Å². The zero-order chi connectivity index (χ0) is 17.8. The van der Waals surface area contributed by atoms with Gasteiger partial charge in [-0.3, -0.25) is 9.59 Å². The average molecular weight is 338 g/mol. The highest BCUT2D eigenvalue weighted by Gasteiger charge is 2.49. The molecule has 1 aliphatic rings. The summed E-state index contributed by atoms with van der Waals surface area (Å²) in [4.78, 5) is 26.5. The SMILES string of the molecule is COc1cccc(NC(=O)C2CC2C(=O)N(C)Cc2ccccc2)c1. The molecule has 0 radical (unpaired) electrons. The van der Waals surface area contributed by atoms with Gasteiger partial charge in [0.05, 0.1) is 18.9 Å². The second kappa shape index (κ2) is 7.38. The van der Waals surface area contributed by atoms with Crippen LogP contribution in [-0.4, -0.2) is 30.9 Å². The minimum absolute atomic E-state index is 0.0228. The molecule has 3 rings (SSSR count). The first-order valence-electron chi connectivity index (χ1n) is 8.32. The van der Waals surface area contributed by atoms with Crippen molar-refractivity contribution < 1.29 is 14.3 Å². The van der Waals surface area contributed by atoms with Gasteiger partial charge in [0.25, 0.3) is 0 Å². The fraction of sp³-hybridized carbons (Fsp3) is 0.300. The summed E-state index contributed by atoms with van der Waals surface area (Å²) in [5.74, 6) is 0.120. The summed E-state index contributed by atoms with van der Waals surface area (Å²) in [6.45, 7) is 0.556. The standard InChI is InChI=1S/C20H22N2O3/c1-22(13-14-7-4-3-5-8-14)20(24)18-12-17(18)19(23)21-15-9-6-10-16(11-15)25-2/h3-11,17-18H,12-13H2,1-2H3,(H,21,23). The Morgan fingerprint density at radius 3 is 2.60 bits per heavy atom. The summed E-state index contributed by atoms with van der Waals surface area (Å²) >= 11 is 0. The number of carbonyl (C=O) groups is 2. The van der Waals surface area contributed by atoms with Gasteiger partial charge in [-0.1, -0.05) is 36.4 Å². The first-order valence-corrected chi connectivity index (χ1v) is 8.32. The van der Waals surface area contributed by atoms with Crippen molar-refractivity contribution in [1.82, 2.24) is 4.90 Å². The number of carbonyl (C=O) groups excluding carboxylic acids is 2. The average Bonchev–Trinajstić information content (AvgIpc) is 3.43. The van der Waals surface area contributed by atoms with E-state index in [-0.39, 0.29) is 23.7 Å². The third-order valence-corrected chi connectivity index (χ3v) is 4.42. The van der Waals surface area contributed by atoms with Crippen molar-refractivity contribution in [3.63, 3.8) is 0 Å². The van der Waals surface area contributed by atoms with E-state index in [1.54, 1.807) is 31.2 Å². The Kier molecular flexibility index (Phi) is 5.03. The molecule has 2 aromatic rings. The number of nitrogens with zero attached hydrogens (tertiary/aromatic N) is 1. The summed E-state index contributed by atoms with van der Waals surface area (Å²) in [7, 11) is 3.36. The van der Waals surface area contributed by atoms with Gasteiger partial charge in [-0.2, -0.15) is 0 Å². The summed E-state index contributed by atoms with van der Waals surface area (Å²) in [6.07, 6.45) is 0.605. The zero-order valence-corrected chi connectivity index (χ0v) is 14.4. The van der Waals surface area contributed by atoms with E-state index in [9.17, 15) is 9.59 Å². The lowest BCUT2D eigenvalue weighted by molar-refractivity contribution is -0.133. The van der Waals surface area contributed by atoms with Crippen LogP contribution in [0.15, 0.2) is 54.6 Å². The van der Waals surface area contributed by atoms with E-state index in [1.165, 1.54) is 0 Å². The predicted molar refractivity (Wildman–Crippen MR) is 96.1 cm³/mol. The molecular weight excluding hydrogens is 316 g/mol. The fourth-order valence-electron chi connectivity index (χ4n) is 2.91. The van der Waals surface area contributed by atoms with Gasteiger partial charge < -0.3 is 15.0 Å². The van der Waals surface area contributed by atoms with E-state index < -0.39 is 0 Å². The first-order chi connectivity index (χ1) is 12.1. The van der Waals surface area contributed by atoms with Crippen LogP contribution in [0.1, 0.15) is 12.0 Å². The highest BCUT2D eigenvalue weighted by molar-refractivity contribution is 5.99. The van der Waals surface area contributed by atoms with Crippen LogP contribution in [0.3, 0.4) is 0 Å². The lowest BCUT2D eigenvalue weighted by Crippen LogP contribution is -2.29. The largest absolute Gasteiger partial charge is 0.497 e. The van der Waals surface area contributed by atoms with Crippen LogP contribution in [0, 0.1) is 11.8 Å². The number of amides is 2. The Labute approximate surface area is 147 Å². The maximum Gasteiger partial charge on any atom is 0.228 e. The Morgan fingerprint density at radius 1 is 1.12 bits per heavy atom. The van der Waals surface area contributed by atoms with E-state index in [2.05, 4.69) is 5.32 Å². The van der Waals surface area contributed by atoms with E-state index >= 15 is 0 Å². The molecule has 25 heavy (non-hydrogen) atoms. The normalized spacial score (nSPS) is 18.3. The van der Waals surface area contributed by atoms with E-state index in [1.807, 2.05) is 42.5 Å². The van der Waals surface area contributed by atoms with Crippen LogP contribution in [-0.2, 0) is 16.1 Å². The molecule has 0 heterocycles. The molecule has 130 valence electrons. The smallest absolute Gasteiger partial charge is 0.228 e. The van der Waals surface area contributed by atoms with Crippen LogP contribution in [0.5, 0.6) is 5.75 Å². The van der Waals surface area contributed by atoms with Crippen LogP contribution in [0.25, 0.3) is 0 Å². The molecule has 1 aliphatic carbocycles. The molecule has 1 fully saturated rings. The Morgan fingerprint density at radius 2 is 1.88 bits per heavy atom. The highest BCUT2D eigenvalue weighted by Crippen LogP contribution is 2.41. The number of methoxy groups -OCH3 is 1. The van der Waals surface area contributed by atoms with Crippen LogP contribution in [0.4, 0.5) is 5.69 Å². The second-order valence-electron chi connectivity index (χ2n) is 6.35. The van der Waals surface area contributed by atoms with E-state index in [4.69, 9.17) is 4.74 Å². The molecular formula is C20H22N2O3. The van der Waals surface area contributed by atoms with Crippen LogP contribution >= 0.6 is 0 Å². The number of rotatable bonds is 6. The molecule has 2 aromatic carbocycles. The van der Waals surface area contributed by atoms with Gasteiger partial charge in [0.2, 0.25) is 11.8 Å². The first kappa shape index (κ1) is 17.0. The highest BCUT2D eigenvalue weighted by atomic mass is 16.5. The van der Waals surface area contributed by atoms with Gasteiger partial charge >= 0.3 is 0 Å². The molecule has 1 N–H and O–H groups in total. The van der Waals surface area contributed by atoms with E-state index in [0.717, 1.165) is 5.56 Å². The summed E-state index contributed by atoms with van der Waals surface area (Å²) in [5, 5.41) is 2.86. The minimum Gasteiger partial charge on any atom is -0.497 e. The van der Waals surface area contributed by atoms with Crippen molar-refractivity contribution in [2.75, 3.05) is 19.5 Å². The van der Waals surface area contributed by atoms with Gasteiger partial charge in [-0.05, 0) is 24.1 Å². The maximum atomic E-state index is 12.5. The summed E-state index contributed by atoms with van der Waals surface area (Å²) in [5.41, 5.74) is 1.76. The number of hydrogen-bond acceptors (Lipinski definition) is 3. The maximum absolute atomic E-state index is 12.5. The molecule has 5 heteroatoms. The number of ether oxygens (including phenoxy) is 1. The fourth-order valence-corrected chi connectivity index (χ4v) is 2.91. The molecule has 2 unspecified atom stereocenters. The van der Waals surface area contributed by atoms with Crippen molar-refractivity contribution in [1.29, 1.82) is 0 Å².